The molecule has 2 unspecified atom stereocenters. The molecule has 29 heavy (non-hydrogen) atoms. The molecule has 2 aromatic rings. The van der Waals surface area contributed by atoms with Crippen LogP contribution in [0.1, 0.15) is 44.7 Å². The second-order valence-electron chi connectivity index (χ2n) is 7.41. The molecule has 0 aliphatic rings. The van der Waals surface area contributed by atoms with Gasteiger partial charge in [-0.25, -0.2) is 0 Å². The molecule has 1 N–H and O–H groups in total. The highest BCUT2D eigenvalue weighted by molar-refractivity contribution is 7.99. The van der Waals surface area contributed by atoms with Crippen LogP contribution in [0, 0.1) is 6.92 Å². The molecular weight excluding hydrogens is 380 g/mol. The Bertz CT molecular complexity index is 777. The Hall–Kier alpha value is -2.27. The summed E-state index contributed by atoms with van der Waals surface area (Å²) in [7, 11) is 0. The molecule has 4 nitrogen and oxygen atoms in total. The number of nitrogens with one attached hydrogen (secondary N) is 1. The smallest absolute Gasteiger partial charge is 0.242 e. The summed E-state index contributed by atoms with van der Waals surface area (Å²) in [5, 5.41) is 3.00. The van der Waals surface area contributed by atoms with Gasteiger partial charge in [-0.2, -0.15) is 0 Å². The van der Waals surface area contributed by atoms with Crippen molar-refractivity contribution in [3.63, 3.8) is 0 Å². The summed E-state index contributed by atoms with van der Waals surface area (Å²) in [6, 6.07) is 17.7. The van der Waals surface area contributed by atoms with Crippen LogP contribution >= 0.6 is 11.8 Å². The molecule has 0 aliphatic heterocycles. The molecule has 0 radical (unpaired) electrons. The molecule has 2 rings (SSSR count). The SMILES string of the molecule is CCC(C)NC(=O)C(C)N(Cc1ccc(C)cc1)C(=O)CCSc1ccccc1. The monoisotopic (exact) mass is 412 g/mol. The van der Waals surface area contributed by atoms with Gasteiger partial charge in [0.2, 0.25) is 11.8 Å². The molecule has 0 aromatic heterocycles. The van der Waals surface area contributed by atoms with E-state index in [1.165, 1.54) is 5.56 Å². The molecule has 5 heteroatoms. The zero-order valence-electron chi connectivity index (χ0n) is 17.9. The first-order chi connectivity index (χ1) is 13.9. The van der Waals surface area contributed by atoms with Crippen LogP contribution in [-0.2, 0) is 16.1 Å². The molecule has 2 aromatic carbocycles. The lowest BCUT2D eigenvalue weighted by Gasteiger charge is -2.29. The fraction of sp³-hybridized carbons (Fsp3) is 0.417. The van der Waals surface area contributed by atoms with Gasteiger partial charge >= 0.3 is 0 Å². The minimum atomic E-state index is -0.514. The van der Waals surface area contributed by atoms with E-state index in [2.05, 4.69) is 5.32 Å². The molecule has 0 aliphatic carbocycles. The Labute approximate surface area is 179 Å². The molecule has 0 heterocycles. The molecular formula is C24H32N2O2S. The van der Waals surface area contributed by atoms with Gasteiger partial charge in [-0.3, -0.25) is 9.59 Å². The van der Waals surface area contributed by atoms with E-state index in [1.807, 2.05) is 82.3 Å². The van der Waals surface area contributed by atoms with E-state index in [4.69, 9.17) is 0 Å². The number of aryl methyl sites for hydroxylation is 1. The third kappa shape index (κ3) is 7.58. The van der Waals surface area contributed by atoms with Crippen molar-refractivity contribution in [3.05, 3.63) is 65.7 Å². The lowest BCUT2D eigenvalue weighted by atomic mass is 10.1. The maximum Gasteiger partial charge on any atom is 0.242 e. The van der Waals surface area contributed by atoms with Crippen molar-refractivity contribution in [2.75, 3.05) is 5.75 Å². The molecule has 0 saturated heterocycles. The van der Waals surface area contributed by atoms with Crippen LogP contribution in [0.25, 0.3) is 0 Å². The van der Waals surface area contributed by atoms with Gasteiger partial charge in [0.15, 0.2) is 0 Å². The highest BCUT2D eigenvalue weighted by Crippen LogP contribution is 2.19. The lowest BCUT2D eigenvalue weighted by molar-refractivity contribution is -0.140. The van der Waals surface area contributed by atoms with E-state index in [9.17, 15) is 9.59 Å². The van der Waals surface area contributed by atoms with Gasteiger partial charge in [-0.1, -0.05) is 55.0 Å². The summed E-state index contributed by atoms with van der Waals surface area (Å²) in [5.74, 6) is 0.587. The van der Waals surface area contributed by atoms with Crippen molar-refractivity contribution in [2.45, 2.75) is 64.1 Å². The maximum absolute atomic E-state index is 13.0. The van der Waals surface area contributed by atoms with Crippen molar-refractivity contribution in [3.8, 4) is 0 Å². The number of hydrogen-bond acceptors (Lipinski definition) is 3. The number of thioether (sulfide) groups is 1. The third-order valence-corrected chi connectivity index (χ3v) is 5.98. The van der Waals surface area contributed by atoms with Crippen LogP contribution in [-0.4, -0.2) is 34.6 Å². The topological polar surface area (TPSA) is 49.4 Å². The lowest BCUT2D eigenvalue weighted by Crippen LogP contribution is -2.49. The van der Waals surface area contributed by atoms with Crippen LogP contribution in [0.3, 0.4) is 0 Å². The third-order valence-electron chi connectivity index (χ3n) is 4.97. The number of hydrogen-bond donors (Lipinski definition) is 1. The van der Waals surface area contributed by atoms with E-state index in [-0.39, 0.29) is 17.9 Å². The van der Waals surface area contributed by atoms with Crippen LogP contribution in [0.2, 0.25) is 0 Å². The number of rotatable bonds is 10. The van der Waals surface area contributed by atoms with Gasteiger partial charge in [-0.15, -0.1) is 11.8 Å². The molecule has 156 valence electrons. The highest BCUT2D eigenvalue weighted by atomic mass is 32.2. The second kappa shape index (κ2) is 11.7. The van der Waals surface area contributed by atoms with Crippen molar-refractivity contribution in [2.24, 2.45) is 0 Å². The average molecular weight is 413 g/mol. The van der Waals surface area contributed by atoms with Crippen molar-refractivity contribution in [1.82, 2.24) is 10.2 Å². The van der Waals surface area contributed by atoms with Crippen molar-refractivity contribution >= 4 is 23.6 Å². The van der Waals surface area contributed by atoms with Gasteiger partial charge in [0.1, 0.15) is 6.04 Å². The summed E-state index contributed by atoms with van der Waals surface area (Å²) < 4.78 is 0. The van der Waals surface area contributed by atoms with E-state index in [0.717, 1.165) is 16.9 Å². The molecule has 0 spiro atoms. The van der Waals surface area contributed by atoms with Crippen molar-refractivity contribution in [1.29, 1.82) is 0 Å². The summed E-state index contributed by atoms with van der Waals surface area (Å²) in [6.07, 6.45) is 1.25. The minimum absolute atomic E-state index is 0.000748. The number of benzene rings is 2. The fourth-order valence-electron chi connectivity index (χ4n) is 2.85. The van der Waals surface area contributed by atoms with E-state index in [0.29, 0.717) is 18.7 Å². The zero-order valence-corrected chi connectivity index (χ0v) is 18.7. The van der Waals surface area contributed by atoms with Crippen molar-refractivity contribution < 1.29 is 9.59 Å². The first-order valence-corrected chi connectivity index (χ1v) is 11.2. The summed E-state index contributed by atoms with van der Waals surface area (Å²) in [5.41, 5.74) is 2.20. The Morgan fingerprint density at radius 2 is 1.69 bits per heavy atom. The van der Waals surface area contributed by atoms with Gasteiger partial charge in [0, 0.05) is 29.7 Å². The van der Waals surface area contributed by atoms with Crippen LogP contribution in [0.4, 0.5) is 0 Å². The number of carbonyl (C=O) groups is 2. The van der Waals surface area contributed by atoms with Crippen LogP contribution in [0.15, 0.2) is 59.5 Å². The standard InChI is InChI=1S/C24H32N2O2S/c1-5-19(3)25-24(28)20(4)26(17-21-13-11-18(2)12-14-21)23(27)15-16-29-22-9-7-6-8-10-22/h6-14,19-20H,5,15-17H2,1-4H3,(H,25,28). The summed E-state index contributed by atoms with van der Waals surface area (Å²) in [4.78, 5) is 28.6. The number of carbonyl (C=O) groups excluding carboxylic acids is 2. The number of nitrogens with zero attached hydrogens (tertiary/aromatic N) is 1. The van der Waals surface area contributed by atoms with Gasteiger partial charge in [-0.05, 0) is 44.9 Å². The Kier molecular flexibility index (Phi) is 9.26. The maximum atomic E-state index is 13.0. The molecule has 0 bridgehead atoms. The predicted molar refractivity (Wildman–Crippen MR) is 121 cm³/mol. The normalized spacial score (nSPS) is 12.8. The average Bonchev–Trinajstić information content (AvgIpc) is 2.73. The number of amides is 2. The predicted octanol–water partition coefficient (Wildman–Crippen LogP) is 4.81. The molecule has 0 saturated carbocycles. The first kappa shape index (κ1) is 23.0. The largest absolute Gasteiger partial charge is 0.352 e. The Morgan fingerprint density at radius 1 is 1.03 bits per heavy atom. The summed E-state index contributed by atoms with van der Waals surface area (Å²) in [6.45, 7) is 8.30. The van der Waals surface area contributed by atoms with E-state index in [1.54, 1.807) is 16.7 Å². The minimum Gasteiger partial charge on any atom is -0.352 e. The second-order valence-corrected chi connectivity index (χ2v) is 8.58. The van der Waals surface area contributed by atoms with E-state index >= 15 is 0 Å². The summed E-state index contributed by atoms with van der Waals surface area (Å²) >= 11 is 1.66. The Balaban J connectivity index is 2.06. The van der Waals surface area contributed by atoms with Crippen LogP contribution < -0.4 is 5.32 Å². The highest BCUT2D eigenvalue weighted by Gasteiger charge is 2.26. The van der Waals surface area contributed by atoms with Gasteiger partial charge < -0.3 is 10.2 Å². The molecule has 2 amide bonds. The quantitative estimate of drug-likeness (QED) is 0.570. The van der Waals surface area contributed by atoms with Crippen LogP contribution in [0.5, 0.6) is 0 Å². The van der Waals surface area contributed by atoms with Gasteiger partial charge in [0.25, 0.3) is 0 Å². The first-order valence-electron chi connectivity index (χ1n) is 10.2. The zero-order chi connectivity index (χ0) is 21.2. The fourth-order valence-corrected chi connectivity index (χ4v) is 3.72. The van der Waals surface area contributed by atoms with E-state index < -0.39 is 6.04 Å². The molecule has 2 atom stereocenters. The molecule has 0 fully saturated rings. The Morgan fingerprint density at radius 3 is 2.31 bits per heavy atom. The van der Waals surface area contributed by atoms with Gasteiger partial charge in [0.05, 0.1) is 0 Å².